The highest BCUT2D eigenvalue weighted by Gasteiger charge is 2.13. The quantitative estimate of drug-likeness (QED) is 0.752. The maximum atomic E-state index is 5.67. The fourth-order valence-electron chi connectivity index (χ4n) is 2.10. The van der Waals surface area contributed by atoms with E-state index in [0.717, 1.165) is 30.8 Å². The summed E-state index contributed by atoms with van der Waals surface area (Å²) in [7, 11) is 0. The fourth-order valence-corrected chi connectivity index (χ4v) is 2.10. The molecule has 0 aliphatic carbocycles. The molecule has 2 aromatic rings. The molecule has 1 heterocycles. The van der Waals surface area contributed by atoms with E-state index >= 15 is 0 Å². The monoisotopic (exact) mass is 273 g/mol. The van der Waals surface area contributed by atoms with Gasteiger partial charge in [0.2, 0.25) is 0 Å². The molecular formula is C16H23N3O. The van der Waals surface area contributed by atoms with Crippen LogP contribution in [0.15, 0.2) is 42.7 Å². The molecule has 0 aliphatic rings. The maximum Gasteiger partial charge on any atom is 0.0662 e. The minimum Gasteiger partial charge on any atom is -0.379 e. The number of hydrogen-bond donors (Lipinski definition) is 1. The molecule has 1 atom stereocenters. The number of aromatic nitrogens is 2. The largest absolute Gasteiger partial charge is 0.379 e. The lowest BCUT2D eigenvalue weighted by molar-refractivity contribution is 0.112. The molecular weight excluding hydrogens is 250 g/mol. The summed E-state index contributed by atoms with van der Waals surface area (Å²) in [6.45, 7) is 6.62. The molecule has 1 N–H and O–H groups in total. The van der Waals surface area contributed by atoms with Crippen molar-refractivity contribution < 1.29 is 4.74 Å². The van der Waals surface area contributed by atoms with Gasteiger partial charge in [-0.15, -0.1) is 0 Å². The van der Waals surface area contributed by atoms with Crippen LogP contribution in [0.5, 0.6) is 0 Å². The van der Waals surface area contributed by atoms with E-state index in [4.69, 9.17) is 4.74 Å². The number of likely N-dealkylation sites (N-methyl/N-ethyl adjacent to an activating group) is 1. The third-order valence-corrected chi connectivity index (χ3v) is 3.11. The number of ether oxygens (including phenoxy) is 1. The Bertz CT molecular complexity index is 495. The first-order chi connectivity index (χ1) is 9.85. The molecule has 0 fully saturated rings. The van der Waals surface area contributed by atoms with Crippen LogP contribution >= 0.6 is 0 Å². The first-order valence-electron chi connectivity index (χ1n) is 7.26. The van der Waals surface area contributed by atoms with Gasteiger partial charge in [0, 0.05) is 18.4 Å². The molecule has 108 valence electrons. The van der Waals surface area contributed by atoms with E-state index in [1.54, 1.807) is 0 Å². The second-order valence-corrected chi connectivity index (χ2v) is 4.74. The lowest BCUT2D eigenvalue weighted by Gasteiger charge is -2.16. The molecule has 0 spiro atoms. The van der Waals surface area contributed by atoms with Gasteiger partial charge in [0.05, 0.1) is 24.5 Å². The molecule has 1 aromatic carbocycles. The van der Waals surface area contributed by atoms with E-state index in [1.165, 1.54) is 0 Å². The minimum absolute atomic E-state index is 0.198. The Hall–Kier alpha value is -1.65. The van der Waals surface area contributed by atoms with Crippen LogP contribution in [0.3, 0.4) is 0 Å². The van der Waals surface area contributed by atoms with Crippen molar-refractivity contribution >= 4 is 0 Å². The van der Waals surface area contributed by atoms with Crippen LogP contribution < -0.4 is 5.32 Å². The van der Waals surface area contributed by atoms with Crippen molar-refractivity contribution in [2.75, 3.05) is 19.8 Å². The average Bonchev–Trinajstić information content (AvgIpc) is 2.97. The molecule has 4 heteroatoms. The molecule has 0 aliphatic heterocycles. The van der Waals surface area contributed by atoms with Crippen molar-refractivity contribution in [3.05, 3.63) is 48.3 Å². The molecule has 0 amide bonds. The summed E-state index contributed by atoms with van der Waals surface area (Å²) in [5, 5.41) is 7.88. The summed E-state index contributed by atoms with van der Waals surface area (Å²) in [6.07, 6.45) is 5.02. The van der Waals surface area contributed by atoms with E-state index in [-0.39, 0.29) is 6.04 Å². The van der Waals surface area contributed by atoms with Crippen molar-refractivity contribution in [3.63, 3.8) is 0 Å². The van der Waals surface area contributed by atoms with Crippen LogP contribution in [0.25, 0.3) is 5.69 Å². The molecule has 0 saturated heterocycles. The Kier molecular flexibility index (Phi) is 5.77. The number of rotatable bonds is 8. The smallest absolute Gasteiger partial charge is 0.0662 e. The Morgan fingerprint density at radius 3 is 2.75 bits per heavy atom. The summed E-state index contributed by atoms with van der Waals surface area (Å²) in [4.78, 5) is 0. The molecule has 0 bridgehead atoms. The Labute approximate surface area is 120 Å². The summed E-state index contributed by atoms with van der Waals surface area (Å²) in [5.41, 5.74) is 2.23. The second kappa shape index (κ2) is 7.82. The zero-order chi connectivity index (χ0) is 14.2. The van der Waals surface area contributed by atoms with Crippen LogP contribution in [0.4, 0.5) is 0 Å². The summed E-state index contributed by atoms with van der Waals surface area (Å²) in [6, 6.07) is 10.3. The van der Waals surface area contributed by atoms with Crippen molar-refractivity contribution in [3.8, 4) is 5.69 Å². The Morgan fingerprint density at radius 1 is 1.25 bits per heavy atom. The molecule has 20 heavy (non-hydrogen) atoms. The Balaban J connectivity index is 2.08. The molecule has 2 rings (SSSR count). The third-order valence-electron chi connectivity index (χ3n) is 3.11. The molecule has 4 nitrogen and oxygen atoms in total. The summed E-state index contributed by atoms with van der Waals surface area (Å²) >= 11 is 0. The van der Waals surface area contributed by atoms with E-state index in [0.29, 0.717) is 6.61 Å². The highest BCUT2D eigenvalue weighted by atomic mass is 16.5. The van der Waals surface area contributed by atoms with Gasteiger partial charge in [0.1, 0.15) is 0 Å². The number of benzene rings is 1. The molecule has 1 unspecified atom stereocenters. The number of para-hydroxylation sites is 1. The van der Waals surface area contributed by atoms with E-state index < -0.39 is 0 Å². The first-order valence-corrected chi connectivity index (χ1v) is 7.26. The van der Waals surface area contributed by atoms with Crippen LogP contribution in [-0.2, 0) is 4.74 Å². The maximum absolute atomic E-state index is 5.67. The highest BCUT2D eigenvalue weighted by molar-refractivity contribution is 5.31. The number of nitrogens with zero attached hydrogens (tertiary/aromatic N) is 2. The lowest BCUT2D eigenvalue weighted by atomic mass is 10.2. The van der Waals surface area contributed by atoms with Crippen molar-refractivity contribution in [1.29, 1.82) is 0 Å². The highest BCUT2D eigenvalue weighted by Crippen LogP contribution is 2.15. The third kappa shape index (κ3) is 3.92. The predicted molar refractivity (Wildman–Crippen MR) is 81.1 cm³/mol. The van der Waals surface area contributed by atoms with Crippen LogP contribution in [0.1, 0.15) is 31.9 Å². The van der Waals surface area contributed by atoms with Gasteiger partial charge in [-0.3, -0.25) is 0 Å². The zero-order valence-electron chi connectivity index (χ0n) is 12.2. The van der Waals surface area contributed by atoms with Gasteiger partial charge in [0.25, 0.3) is 0 Å². The predicted octanol–water partition coefficient (Wildman–Crippen LogP) is 2.95. The van der Waals surface area contributed by atoms with Gasteiger partial charge in [0.15, 0.2) is 0 Å². The van der Waals surface area contributed by atoms with E-state index in [9.17, 15) is 0 Å². The van der Waals surface area contributed by atoms with Gasteiger partial charge in [-0.1, -0.05) is 32.0 Å². The molecule has 0 saturated carbocycles. The van der Waals surface area contributed by atoms with Crippen LogP contribution in [0.2, 0.25) is 0 Å². The summed E-state index contributed by atoms with van der Waals surface area (Å²) < 4.78 is 7.57. The van der Waals surface area contributed by atoms with Crippen molar-refractivity contribution in [2.24, 2.45) is 0 Å². The number of nitrogens with one attached hydrogen (secondary N) is 1. The fraction of sp³-hybridized carbons (Fsp3) is 0.438. The van der Waals surface area contributed by atoms with Gasteiger partial charge < -0.3 is 10.1 Å². The number of hydrogen-bond acceptors (Lipinski definition) is 3. The van der Waals surface area contributed by atoms with Crippen molar-refractivity contribution in [1.82, 2.24) is 15.1 Å². The Morgan fingerprint density at radius 2 is 2.05 bits per heavy atom. The van der Waals surface area contributed by atoms with Crippen LogP contribution in [-0.4, -0.2) is 29.5 Å². The van der Waals surface area contributed by atoms with Gasteiger partial charge in [-0.25, -0.2) is 4.68 Å². The standard InChI is InChI=1S/C16H23N3O/c1-3-10-20-13-16(17-4-2)14-11-18-19(12-14)15-8-6-5-7-9-15/h5-9,11-12,16-17H,3-4,10,13H2,1-2H3. The topological polar surface area (TPSA) is 39.1 Å². The summed E-state index contributed by atoms with van der Waals surface area (Å²) in [5.74, 6) is 0. The molecule has 0 radical (unpaired) electrons. The van der Waals surface area contributed by atoms with Gasteiger partial charge in [-0.05, 0) is 25.1 Å². The SMILES string of the molecule is CCCOCC(NCC)c1cnn(-c2ccccc2)c1. The second-order valence-electron chi connectivity index (χ2n) is 4.74. The molecule has 1 aromatic heterocycles. The normalized spacial score (nSPS) is 12.5. The van der Waals surface area contributed by atoms with E-state index in [2.05, 4.69) is 30.5 Å². The minimum atomic E-state index is 0.198. The van der Waals surface area contributed by atoms with E-state index in [1.807, 2.05) is 41.2 Å². The van der Waals surface area contributed by atoms with Gasteiger partial charge in [-0.2, -0.15) is 5.10 Å². The average molecular weight is 273 g/mol. The van der Waals surface area contributed by atoms with Gasteiger partial charge >= 0.3 is 0 Å². The zero-order valence-corrected chi connectivity index (χ0v) is 12.2. The lowest BCUT2D eigenvalue weighted by Crippen LogP contribution is -2.25. The van der Waals surface area contributed by atoms with Crippen LogP contribution in [0, 0.1) is 0 Å². The van der Waals surface area contributed by atoms with Crippen molar-refractivity contribution in [2.45, 2.75) is 26.3 Å². The first kappa shape index (κ1) is 14.8.